The molecule has 0 unspecified atom stereocenters. The molecular weight excluding hydrogens is 269 g/mol. The van der Waals surface area contributed by atoms with E-state index in [-0.39, 0.29) is 0 Å². The Labute approximate surface area is 112 Å². The summed E-state index contributed by atoms with van der Waals surface area (Å²) in [5.74, 6) is 0.365. The highest BCUT2D eigenvalue weighted by Crippen LogP contribution is 2.34. The Kier molecular flexibility index (Phi) is 2.53. The van der Waals surface area contributed by atoms with Crippen LogP contribution in [0.2, 0.25) is 0 Å². The van der Waals surface area contributed by atoms with Gasteiger partial charge in [-0.15, -0.1) is 0 Å². The molecule has 4 nitrogen and oxygen atoms in total. The number of halogens is 3. The molecule has 0 aliphatic rings. The minimum absolute atomic E-state index is 0.365. The Bertz CT molecular complexity index is 783. The van der Waals surface area contributed by atoms with Crippen molar-refractivity contribution in [3.63, 3.8) is 0 Å². The van der Waals surface area contributed by atoms with Crippen LogP contribution in [0.25, 0.3) is 22.2 Å². The van der Waals surface area contributed by atoms with Crippen LogP contribution in [0.15, 0.2) is 30.5 Å². The molecule has 3 rings (SSSR count). The van der Waals surface area contributed by atoms with Gasteiger partial charge in [0.2, 0.25) is 0 Å². The maximum absolute atomic E-state index is 12.7. The summed E-state index contributed by atoms with van der Waals surface area (Å²) in [7, 11) is 1.73. The maximum atomic E-state index is 12.7. The monoisotopic (exact) mass is 280 g/mol. The summed E-state index contributed by atoms with van der Waals surface area (Å²) in [5, 5.41) is 4.73. The largest absolute Gasteiger partial charge is 0.416 e. The molecule has 0 radical (unpaired) electrons. The van der Waals surface area contributed by atoms with E-state index in [2.05, 4.69) is 10.1 Å². The number of aromatic nitrogens is 3. The van der Waals surface area contributed by atoms with Gasteiger partial charge in [-0.05, 0) is 12.1 Å². The molecule has 3 N–H and O–H groups in total. The van der Waals surface area contributed by atoms with E-state index in [1.54, 1.807) is 24.0 Å². The van der Waals surface area contributed by atoms with Crippen LogP contribution in [0, 0.1) is 0 Å². The number of nitrogen functional groups attached to an aromatic ring is 1. The molecule has 0 amide bonds. The van der Waals surface area contributed by atoms with Gasteiger partial charge in [-0.25, -0.2) is 0 Å². The zero-order chi connectivity index (χ0) is 14.5. The van der Waals surface area contributed by atoms with E-state index in [1.807, 2.05) is 0 Å². The average molecular weight is 280 g/mol. The Morgan fingerprint density at radius 2 is 2.00 bits per heavy atom. The van der Waals surface area contributed by atoms with Crippen LogP contribution in [-0.4, -0.2) is 14.8 Å². The molecule has 0 saturated carbocycles. The summed E-state index contributed by atoms with van der Waals surface area (Å²) in [6.45, 7) is 0. The fourth-order valence-corrected chi connectivity index (χ4v) is 2.26. The number of nitrogens with one attached hydrogen (secondary N) is 1. The smallest absolute Gasteiger partial charge is 0.382 e. The van der Waals surface area contributed by atoms with Crippen LogP contribution in [0.3, 0.4) is 0 Å². The molecule has 0 saturated heterocycles. The second-order valence-corrected chi connectivity index (χ2v) is 4.54. The Morgan fingerprint density at radius 3 is 2.60 bits per heavy atom. The van der Waals surface area contributed by atoms with Crippen molar-refractivity contribution in [3.8, 4) is 11.3 Å². The molecule has 0 fully saturated rings. The van der Waals surface area contributed by atoms with E-state index in [1.165, 1.54) is 6.07 Å². The minimum Gasteiger partial charge on any atom is -0.382 e. The van der Waals surface area contributed by atoms with Gasteiger partial charge < -0.3 is 10.7 Å². The molecule has 0 spiro atoms. The number of hydrogen-bond donors (Lipinski definition) is 2. The summed E-state index contributed by atoms with van der Waals surface area (Å²) in [6, 6.07) is 5.30. The number of nitrogens with zero attached hydrogens (tertiary/aromatic N) is 2. The quantitative estimate of drug-likeness (QED) is 0.719. The lowest BCUT2D eigenvalue weighted by molar-refractivity contribution is -0.137. The predicted octanol–water partition coefficient (Wildman–Crippen LogP) is 3.17. The number of anilines is 1. The van der Waals surface area contributed by atoms with Gasteiger partial charge in [0.1, 0.15) is 5.82 Å². The minimum atomic E-state index is -4.35. The number of aromatic amines is 1. The van der Waals surface area contributed by atoms with Crippen molar-refractivity contribution in [1.82, 2.24) is 14.8 Å². The van der Waals surface area contributed by atoms with E-state index in [0.29, 0.717) is 16.7 Å². The molecule has 0 aliphatic carbocycles. The van der Waals surface area contributed by atoms with Gasteiger partial charge in [-0.3, -0.25) is 4.68 Å². The lowest BCUT2D eigenvalue weighted by Crippen LogP contribution is -2.04. The van der Waals surface area contributed by atoms with Gasteiger partial charge in [0.25, 0.3) is 0 Å². The molecule has 0 bridgehead atoms. The molecule has 1 aromatic carbocycles. The molecule has 104 valence electrons. The zero-order valence-electron chi connectivity index (χ0n) is 10.5. The Balaban J connectivity index is 2.18. The van der Waals surface area contributed by atoms with Crippen LogP contribution >= 0.6 is 0 Å². The van der Waals surface area contributed by atoms with Crippen molar-refractivity contribution >= 4 is 16.7 Å². The lowest BCUT2D eigenvalue weighted by Gasteiger charge is -2.06. The van der Waals surface area contributed by atoms with E-state index >= 15 is 0 Å². The Morgan fingerprint density at radius 1 is 1.25 bits per heavy atom. The van der Waals surface area contributed by atoms with Crippen LogP contribution < -0.4 is 5.73 Å². The number of aryl methyl sites for hydroxylation is 1. The first-order valence-electron chi connectivity index (χ1n) is 5.84. The van der Waals surface area contributed by atoms with Gasteiger partial charge in [0.15, 0.2) is 0 Å². The van der Waals surface area contributed by atoms with Crippen LogP contribution in [0.4, 0.5) is 19.0 Å². The number of H-pyrrole nitrogens is 1. The highest BCUT2D eigenvalue weighted by molar-refractivity contribution is 5.95. The van der Waals surface area contributed by atoms with E-state index in [0.717, 1.165) is 23.4 Å². The standard InChI is InChI=1S/C13H11F3N4/c1-20-11(5-12(17)19-20)9-6-18-10-4-7(13(14,15)16)2-3-8(9)10/h2-6,18H,1H3,(H2,17,19). The van der Waals surface area contributed by atoms with Crippen molar-refractivity contribution in [2.24, 2.45) is 7.05 Å². The normalized spacial score (nSPS) is 12.2. The fourth-order valence-electron chi connectivity index (χ4n) is 2.26. The van der Waals surface area contributed by atoms with Gasteiger partial charge in [0.05, 0.1) is 11.3 Å². The third-order valence-electron chi connectivity index (χ3n) is 3.18. The molecule has 3 aromatic rings. The van der Waals surface area contributed by atoms with Crippen LogP contribution in [0.5, 0.6) is 0 Å². The first kappa shape index (κ1) is 12.6. The number of rotatable bonds is 1. The number of fused-ring (bicyclic) bond motifs is 1. The summed E-state index contributed by atoms with van der Waals surface area (Å²) >= 11 is 0. The highest BCUT2D eigenvalue weighted by atomic mass is 19.4. The first-order valence-corrected chi connectivity index (χ1v) is 5.84. The third kappa shape index (κ3) is 1.91. The first-order chi connectivity index (χ1) is 9.36. The van der Waals surface area contributed by atoms with Gasteiger partial charge in [0, 0.05) is 35.8 Å². The molecule has 20 heavy (non-hydrogen) atoms. The summed E-state index contributed by atoms with van der Waals surface area (Å²) in [6.07, 6.45) is -2.70. The maximum Gasteiger partial charge on any atom is 0.416 e. The second kappa shape index (κ2) is 4.03. The van der Waals surface area contributed by atoms with E-state index in [4.69, 9.17) is 5.73 Å². The molecular formula is C13H11F3N4. The van der Waals surface area contributed by atoms with E-state index in [9.17, 15) is 13.2 Å². The number of nitrogens with two attached hydrogens (primary N) is 1. The number of hydrogen-bond acceptors (Lipinski definition) is 2. The van der Waals surface area contributed by atoms with Crippen molar-refractivity contribution in [2.45, 2.75) is 6.18 Å². The van der Waals surface area contributed by atoms with Gasteiger partial charge in [-0.2, -0.15) is 18.3 Å². The number of benzene rings is 1. The van der Waals surface area contributed by atoms with Crippen molar-refractivity contribution in [1.29, 1.82) is 0 Å². The molecule has 0 aliphatic heterocycles. The molecule has 7 heteroatoms. The van der Waals surface area contributed by atoms with Crippen molar-refractivity contribution < 1.29 is 13.2 Å². The zero-order valence-corrected chi connectivity index (χ0v) is 10.5. The SMILES string of the molecule is Cn1nc(N)cc1-c1c[nH]c2cc(C(F)(F)F)ccc12. The van der Waals surface area contributed by atoms with Crippen LogP contribution in [0.1, 0.15) is 5.56 Å². The summed E-state index contributed by atoms with van der Waals surface area (Å²) < 4.78 is 39.6. The topological polar surface area (TPSA) is 59.6 Å². The van der Waals surface area contributed by atoms with Gasteiger partial charge in [-0.1, -0.05) is 6.07 Å². The average Bonchev–Trinajstić information content (AvgIpc) is 2.90. The van der Waals surface area contributed by atoms with E-state index < -0.39 is 11.7 Å². The van der Waals surface area contributed by atoms with Crippen molar-refractivity contribution in [3.05, 3.63) is 36.0 Å². The Hall–Kier alpha value is -2.44. The second-order valence-electron chi connectivity index (χ2n) is 4.54. The van der Waals surface area contributed by atoms with Gasteiger partial charge >= 0.3 is 6.18 Å². The third-order valence-corrected chi connectivity index (χ3v) is 3.18. The summed E-state index contributed by atoms with van der Waals surface area (Å²) in [4.78, 5) is 2.85. The number of alkyl halides is 3. The lowest BCUT2D eigenvalue weighted by atomic mass is 10.1. The molecule has 2 aromatic heterocycles. The fraction of sp³-hybridized carbons (Fsp3) is 0.154. The summed E-state index contributed by atoms with van der Waals surface area (Å²) in [5.41, 5.74) is 6.88. The highest BCUT2D eigenvalue weighted by Gasteiger charge is 2.30. The van der Waals surface area contributed by atoms with Crippen molar-refractivity contribution in [2.75, 3.05) is 5.73 Å². The van der Waals surface area contributed by atoms with Crippen LogP contribution in [-0.2, 0) is 13.2 Å². The predicted molar refractivity (Wildman–Crippen MR) is 69.9 cm³/mol. The molecule has 0 atom stereocenters. The molecule has 2 heterocycles.